The molecule has 0 unspecified atom stereocenters. The molecular weight excluding hydrogens is 488 g/mol. The van der Waals surface area contributed by atoms with Gasteiger partial charge in [-0.05, 0) is 49.0 Å². The number of benzene rings is 3. The first-order valence-electron chi connectivity index (χ1n) is 13.4. The summed E-state index contributed by atoms with van der Waals surface area (Å²) < 4.78 is 5.45. The average Bonchev–Trinajstić information content (AvgIpc) is 3.42. The molecule has 1 aliphatic rings. The molecule has 5 rings (SSSR count). The number of rotatable bonds is 7. The number of carbonyl (C=O) groups excluding carboxylic acids is 2. The Morgan fingerprint density at radius 2 is 1.64 bits per heavy atom. The quantitative estimate of drug-likeness (QED) is 0.294. The van der Waals surface area contributed by atoms with Crippen LogP contribution in [0.5, 0.6) is 0 Å². The van der Waals surface area contributed by atoms with Crippen molar-refractivity contribution < 1.29 is 14.1 Å². The second-order valence-electron chi connectivity index (χ2n) is 11.2. The van der Waals surface area contributed by atoms with Crippen LogP contribution in [0.2, 0.25) is 0 Å². The summed E-state index contributed by atoms with van der Waals surface area (Å²) in [6.07, 6.45) is 1.48. The third-order valence-electron chi connectivity index (χ3n) is 7.22. The molecule has 4 aromatic rings. The maximum atomic E-state index is 13.1. The van der Waals surface area contributed by atoms with E-state index in [9.17, 15) is 9.59 Å². The zero-order valence-electron chi connectivity index (χ0n) is 22.7. The Hall–Kier alpha value is -4.10. The van der Waals surface area contributed by atoms with E-state index in [0.29, 0.717) is 35.1 Å². The van der Waals surface area contributed by atoms with E-state index >= 15 is 0 Å². The molecule has 0 aliphatic carbocycles. The zero-order valence-corrected chi connectivity index (χ0v) is 22.7. The van der Waals surface area contributed by atoms with Crippen LogP contribution in [0, 0.1) is 5.92 Å². The first-order chi connectivity index (χ1) is 18.8. The van der Waals surface area contributed by atoms with Gasteiger partial charge in [0.2, 0.25) is 17.6 Å². The van der Waals surface area contributed by atoms with Gasteiger partial charge in [-0.1, -0.05) is 92.7 Å². The van der Waals surface area contributed by atoms with Crippen molar-refractivity contribution in [2.24, 2.45) is 5.92 Å². The number of nitrogens with one attached hydrogen (secondary N) is 1. The Bertz CT molecular complexity index is 1430. The van der Waals surface area contributed by atoms with Gasteiger partial charge in [-0.2, -0.15) is 4.98 Å². The Kier molecular flexibility index (Phi) is 7.70. The number of ketones is 1. The van der Waals surface area contributed by atoms with E-state index < -0.39 is 0 Å². The highest BCUT2D eigenvalue weighted by Gasteiger charge is 2.26. The third kappa shape index (κ3) is 6.49. The smallest absolute Gasteiger partial charge is 0.241 e. The molecule has 1 N–H and O–H groups in total. The molecule has 0 spiro atoms. The lowest BCUT2D eigenvalue weighted by atomic mass is 9.86. The second-order valence-corrected chi connectivity index (χ2v) is 11.2. The summed E-state index contributed by atoms with van der Waals surface area (Å²) in [5, 5.41) is 7.12. The third-order valence-corrected chi connectivity index (χ3v) is 7.22. The Morgan fingerprint density at radius 1 is 0.923 bits per heavy atom. The maximum absolute atomic E-state index is 13.1. The lowest BCUT2D eigenvalue weighted by molar-refractivity contribution is -0.121. The fourth-order valence-electron chi connectivity index (χ4n) is 4.84. The number of anilines is 1. The van der Waals surface area contributed by atoms with Gasteiger partial charge in [-0.15, -0.1) is 0 Å². The lowest BCUT2D eigenvalue weighted by Crippen LogP contribution is -2.37. The number of piperidine rings is 1. The van der Waals surface area contributed by atoms with E-state index in [1.165, 1.54) is 5.56 Å². The molecule has 1 amide bonds. The number of aromatic nitrogens is 2. The van der Waals surface area contributed by atoms with E-state index in [1.807, 2.05) is 66.7 Å². The summed E-state index contributed by atoms with van der Waals surface area (Å²) in [5.74, 6) is 0.996. The molecule has 200 valence electrons. The van der Waals surface area contributed by atoms with Crippen LogP contribution in [0.4, 0.5) is 5.69 Å². The minimum atomic E-state index is -0.0897. The minimum Gasteiger partial charge on any atom is -0.338 e. The van der Waals surface area contributed by atoms with E-state index in [2.05, 4.69) is 41.1 Å². The van der Waals surface area contributed by atoms with Crippen molar-refractivity contribution in [2.45, 2.75) is 45.6 Å². The highest BCUT2D eigenvalue weighted by Crippen LogP contribution is 2.25. The lowest BCUT2D eigenvalue weighted by Gasteiger charge is -2.30. The molecule has 39 heavy (non-hydrogen) atoms. The normalized spacial score (nSPS) is 14.7. The molecular formula is C32H34N4O3. The molecule has 0 bridgehead atoms. The van der Waals surface area contributed by atoms with E-state index in [-0.39, 0.29) is 23.0 Å². The molecule has 2 heterocycles. The van der Waals surface area contributed by atoms with Crippen LogP contribution >= 0.6 is 0 Å². The predicted octanol–water partition coefficient (Wildman–Crippen LogP) is 6.12. The molecule has 0 radical (unpaired) electrons. The van der Waals surface area contributed by atoms with Crippen LogP contribution in [-0.4, -0.2) is 39.8 Å². The SMILES string of the molecule is CC(C)(C)c1ccc(C(=O)c2cccc(NC(=O)C3CCN(Cc4nc(-c5ccccc5)no4)CC3)c2)cc1. The monoisotopic (exact) mass is 522 g/mol. The molecule has 1 aromatic heterocycles. The van der Waals surface area contributed by atoms with Gasteiger partial charge in [0.05, 0.1) is 6.54 Å². The van der Waals surface area contributed by atoms with Crippen molar-refractivity contribution in [3.63, 3.8) is 0 Å². The van der Waals surface area contributed by atoms with Gasteiger partial charge in [0.1, 0.15) is 0 Å². The molecule has 3 aromatic carbocycles. The summed E-state index contributed by atoms with van der Waals surface area (Å²) in [7, 11) is 0. The average molecular weight is 523 g/mol. The summed E-state index contributed by atoms with van der Waals surface area (Å²) in [6, 6.07) is 24.7. The number of nitrogens with zero attached hydrogens (tertiary/aromatic N) is 3. The molecule has 0 saturated carbocycles. The van der Waals surface area contributed by atoms with Crippen LogP contribution < -0.4 is 5.32 Å². The number of hydrogen-bond acceptors (Lipinski definition) is 6. The second kappa shape index (κ2) is 11.3. The Morgan fingerprint density at radius 3 is 2.33 bits per heavy atom. The molecule has 7 heteroatoms. The summed E-state index contributed by atoms with van der Waals surface area (Å²) in [5.41, 5.74) is 3.96. The summed E-state index contributed by atoms with van der Waals surface area (Å²) in [6.45, 7) is 8.54. The van der Waals surface area contributed by atoms with Crippen LogP contribution in [0.1, 0.15) is 61.0 Å². The van der Waals surface area contributed by atoms with Gasteiger partial charge in [0, 0.05) is 28.3 Å². The highest BCUT2D eigenvalue weighted by molar-refractivity contribution is 6.09. The number of likely N-dealkylation sites (tertiary alicyclic amines) is 1. The molecule has 1 fully saturated rings. The van der Waals surface area contributed by atoms with Gasteiger partial charge in [0.15, 0.2) is 5.78 Å². The molecule has 1 aliphatic heterocycles. The Labute approximate surface area is 229 Å². The number of amides is 1. The molecule has 7 nitrogen and oxygen atoms in total. The van der Waals surface area contributed by atoms with Gasteiger partial charge in [-0.25, -0.2) is 0 Å². The first-order valence-corrected chi connectivity index (χ1v) is 13.4. The minimum absolute atomic E-state index is 0.0158. The fraction of sp³-hybridized carbons (Fsp3) is 0.312. The van der Waals surface area contributed by atoms with Gasteiger partial charge < -0.3 is 9.84 Å². The van der Waals surface area contributed by atoms with Crippen LogP contribution in [0.15, 0.2) is 83.4 Å². The molecule has 1 saturated heterocycles. The van der Waals surface area contributed by atoms with Crippen LogP contribution in [-0.2, 0) is 16.8 Å². The van der Waals surface area contributed by atoms with Gasteiger partial charge in [0.25, 0.3) is 0 Å². The summed E-state index contributed by atoms with van der Waals surface area (Å²) in [4.78, 5) is 32.8. The summed E-state index contributed by atoms with van der Waals surface area (Å²) >= 11 is 0. The topological polar surface area (TPSA) is 88.3 Å². The maximum Gasteiger partial charge on any atom is 0.241 e. The predicted molar refractivity (Wildman–Crippen MR) is 151 cm³/mol. The first kappa shape index (κ1) is 26.5. The van der Waals surface area contributed by atoms with Crippen molar-refractivity contribution in [3.05, 3.63) is 101 Å². The van der Waals surface area contributed by atoms with E-state index in [4.69, 9.17) is 4.52 Å². The fourth-order valence-corrected chi connectivity index (χ4v) is 4.84. The molecule has 0 atom stereocenters. The van der Waals surface area contributed by atoms with E-state index in [1.54, 1.807) is 12.1 Å². The number of hydrogen-bond donors (Lipinski definition) is 1. The van der Waals surface area contributed by atoms with Crippen molar-refractivity contribution in [2.75, 3.05) is 18.4 Å². The van der Waals surface area contributed by atoms with Crippen molar-refractivity contribution in [1.82, 2.24) is 15.0 Å². The van der Waals surface area contributed by atoms with Crippen LogP contribution in [0.3, 0.4) is 0 Å². The van der Waals surface area contributed by atoms with E-state index in [0.717, 1.165) is 31.5 Å². The number of carbonyl (C=O) groups is 2. The largest absolute Gasteiger partial charge is 0.338 e. The van der Waals surface area contributed by atoms with Gasteiger partial charge in [-0.3, -0.25) is 14.5 Å². The van der Waals surface area contributed by atoms with Crippen molar-refractivity contribution >= 4 is 17.4 Å². The zero-order chi connectivity index (χ0) is 27.4. The Balaban J connectivity index is 1.14. The standard InChI is InChI=1S/C32H34N4O3/c1-32(2,3)26-14-12-22(13-15-26)29(37)25-10-7-11-27(20-25)33-31(38)24-16-18-36(19-17-24)21-28-34-30(35-39-28)23-8-5-4-6-9-23/h4-15,20,24H,16-19,21H2,1-3H3,(H,33,38). The van der Waals surface area contributed by atoms with Crippen molar-refractivity contribution in [1.29, 1.82) is 0 Å². The van der Waals surface area contributed by atoms with Crippen LogP contribution in [0.25, 0.3) is 11.4 Å². The highest BCUT2D eigenvalue weighted by atomic mass is 16.5. The van der Waals surface area contributed by atoms with Crippen molar-refractivity contribution in [3.8, 4) is 11.4 Å². The van der Waals surface area contributed by atoms with Gasteiger partial charge >= 0.3 is 0 Å².